The van der Waals surface area contributed by atoms with Crippen LogP contribution in [0.5, 0.6) is 23.1 Å². The summed E-state index contributed by atoms with van der Waals surface area (Å²) in [5.74, 6) is 1.41. The lowest BCUT2D eigenvalue weighted by Crippen LogP contribution is -2.07. The molecule has 7 heteroatoms. The predicted octanol–water partition coefficient (Wildman–Crippen LogP) is 3.07. The molecule has 2 aromatic rings. The molecule has 0 aliphatic heterocycles. The van der Waals surface area contributed by atoms with Gasteiger partial charge in [-0.15, -0.1) is 0 Å². The number of pyridine rings is 1. The summed E-state index contributed by atoms with van der Waals surface area (Å²) in [4.78, 5) is 16.5. The van der Waals surface area contributed by atoms with Crippen LogP contribution in [0.4, 0.5) is 0 Å². The van der Waals surface area contributed by atoms with E-state index in [0.717, 1.165) is 0 Å². The number of methoxy groups -OCH3 is 5. The van der Waals surface area contributed by atoms with Crippen molar-refractivity contribution in [2.75, 3.05) is 35.5 Å². The lowest BCUT2D eigenvalue weighted by atomic mass is 10.0. The monoisotopic (exact) mass is 359 g/mol. The summed E-state index contributed by atoms with van der Waals surface area (Å²) in [5.41, 5.74) is 1.46. The topological polar surface area (TPSA) is 76.1 Å². The average molecular weight is 359 g/mol. The fourth-order valence-electron chi connectivity index (χ4n) is 2.33. The van der Waals surface area contributed by atoms with Crippen LogP contribution in [0, 0.1) is 0 Å². The number of esters is 1. The fourth-order valence-corrected chi connectivity index (χ4v) is 2.33. The first kappa shape index (κ1) is 19.1. The first-order valence-corrected chi connectivity index (χ1v) is 7.68. The molecule has 0 unspecified atom stereocenters. The Morgan fingerprint density at radius 3 is 2.12 bits per heavy atom. The molecule has 26 heavy (non-hydrogen) atoms. The van der Waals surface area contributed by atoms with Crippen molar-refractivity contribution in [3.63, 3.8) is 0 Å². The van der Waals surface area contributed by atoms with Gasteiger partial charge in [0, 0.05) is 18.2 Å². The highest BCUT2D eigenvalue weighted by atomic mass is 16.5. The van der Waals surface area contributed by atoms with E-state index in [1.807, 2.05) is 0 Å². The maximum absolute atomic E-state index is 12.2. The SMILES string of the molecule is COC(=O)c1c(C=Cc2cc(OC)cc(OC)n2)cc(OC)cc1OC. The molecule has 2 rings (SSSR count). The van der Waals surface area contributed by atoms with Crippen LogP contribution in [0.15, 0.2) is 24.3 Å². The standard InChI is InChI=1S/C19H21NO6/c1-22-14-8-12(18(19(21)26-5)16(10-14)24-3)6-7-13-9-15(23-2)11-17(20-13)25-4/h6-11H,1-5H3. The highest BCUT2D eigenvalue weighted by molar-refractivity contribution is 5.98. The highest BCUT2D eigenvalue weighted by Crippen LogP contribution is 2.31. The zero-order chi connectivity index (χ0) is 19.1. The third-order valence-corrected chi connectivity index (χ3v) is 3.62. The summed E-state index contributed by atoms with van der Waals surface area (Å²) < 4.78 is 25.8. The van der Waals surface area contributed by atoms with Crippen molar-refractivity contribution in [2.45, 2.75) is 0 Å². The Kier molecular flexibility index (Phi) is 6.43. The van der Waals surface area contributed by atoms with Crippen molar-refractivity contribution >= 4 is 18.1 Å². The van der Waals surface area contributed by atoms with Crippen LogP contribution in [-0.2, 0) is 4.74 Å². The number of ether oxygens (including phenoxy) is 5. The van der Waals surface area contributed by atoms with Crippen LogP contribution in [0.1, 0.15) is 21.6 Å². The quantitative estimate of drug-likeness (QED) is 0.703. The number of rotatable bonds is 7. The highest BCUT2D eigenvalue weighted by Gasteiger charge is 2.18. The molecular weight excluding hydrogens is 338 g/mol. The second kappa shape index (κ2) is 8.75. The molecule has 7 nitrogen and oxygen atoms in total. The zero-order valence-corrected chi connectivity index (χ0v) is 15.4. The number of aromatic nitrogens is 1. The predicted molar refractivity (Wildman–Crippen MR) is 97.2 cm³/mol. The summed E-state index contributed by atoms with van der Waals surface area (Å²) in [7, 11) is 7.41. The molecule has 0 aliphatic rings. The lowest BCUT2D eigenvalue weighted by molar-refractivity contribution is 0.0597. The van der Waals surface area contributed by atoms with Crippen LogP contribution in [0.25, 0.3) is 12.2 Å². The fraction of sp³-hybridized carbons (Fsp3) is 0.263. The minimum atomic E-state index is -0.514. The van der Waals surface area contributed by atoms with Gasteiger partial charge in [-0.3, -0.25) is 0 Å². The third-order valence-electron chi connectivity index (χ3n) is 3.62. The van der Waals surface area contributed by atoms with Crippen LogP contribution in [0.3, 0.4) is 0 Å². The molecule has 0 saturated heterocycles. The van der Waals surface area contributed by atoms with E-state index < -0.39 is 5.97 Å². The molecule has 1 aromatic carbocycles. The molecule has 1 heterocycles. The Bertz CT molecular complexity index is 794. The Morgan fingerprint density at radius 2 is 1.54 bits per heavy atom. The van der Waals surface area contributed by atoms with Crippen molar-refractivity contribution in [2.24, 2.45) is 0 Å². The number of benzene rings is 1. The number of hydrogen-bond acceptors (Lipinski definition) is 7. The van der Waals surface area contributed by atoms with Gasteiger partial charge in [0.25, 0.3) is 0 Å². The van der Waals surface area contributed by atoms with Crippen LogP contribution in [-0.4, -0.2) is 46.5 Å². The third kappa shape index (κ3) is 4.24. The molecular formula is C19H21NO6. The molecule has 0 atom stereocenters. The van der Waals surface area contributed by atoms with E-state index >= 15 is 0 Å². The molecule has 0 N–H and O–H groups in total. The Labute approximate surface area is 152 Å². The Balaban J connectivity index is 2.54. The molecule has 138 valence electrons. The minimum Gasteiger partial charge on any atom is -0.497 e. The normalized spacial score (nSPS) is 10.5. The van der Waals surface area contributed by atoms with E-state index in [-0.39, 0.29) is 0 Å². The summed E-state index contributed by atoms with van der Waals surface area (Å²) in [6.45, 7) is 0. The van der Waals surface area contributed by atoms with Gasteiger partial charge in [0.2, 0.25) is 5.88 Å². The van der Waals surface area contributed by atoms with Gasteiger partial charge in [0.1, 0.15) is 22.8 Å². The van der Waals surface area contributed by atoms with E-state index in [1.54, 1.807) is 43.5 Å². The van der Waals surface area contributed by atoms with Crippen molar-refractivity contribution in [1.82, 2.24) is 4.98 Å². The largest absolute Gasteiger partial charge is 0.497 e. The van der Waals surface area contributed by atoms with Crippen molar-refractivity contribution < 1.29 is 28.5 Å². The maximum Gasteiger partial charge on any atom is 0.342 e. The summed E-state index contributed by atoms with van der Waals surface area (Å²) in [6, 6.07) is 6.75. The number of nitrogens with zero attached hydrogens (tertiary/aromatic N) is 1. The zero-order valence-electron chi connectivity index (χ0n) is 15.4. The van der Waals surface area contributed by atoms with Crippen LogP contribution < -0.4 is 18.9 Å². The lowest BCUT2D eigenvalue weighted by Gasteiger charge is -2.12. The maximum atomic E-state index is 12.2. The summed E-state index contributed by atoms with van der Waals surface area (Å²) in [6.07, 6.45) is 3.45. The smallest absolute Gasteiger partial charge is 0.342 e. The first-order chi connectivity index (χ1) is 12.6. The van der Waals surface area contributed by atoms with Crippen molar-refractivity contribution in [1.29, 1.82) is 0 Å². The second-order valence-electron chi connectivity index (χ2n) is 5.09. The number of hydrogen-bond donors (Lipinski definition) is 0. The summed E-state index contributed by atoms with van der Waals surface area (Å²) in [5, 5.41) is 0. The Hall–Kier alpha value is -3.22. The van der Waals surface area contributed by atoms with Crippen LogP contribution in [0.2, 0.25) is 0 Å². The molecule has 0 aliphatic carbocycles. The number of carbonyl (C=O) groups is 1. The van der Waals surface area contributed by atoms with Gasteiger partial charge < -0.3 is 23.7 Å². The van der Waals surface area contributed by atoms with Gasteiger partial charge in [0.05, 0.1) is 41.2 Å². The van der Waals surface area contributed by atoms with E-state index in [4.69, 9.17) is 23.7 Å². The van der Waals surface area contributed by atoms with Crippen LogP contribution >= 0.6 is 0 Å². The molecule has 0 amide bonds. The molecule has 1 aromatic heterocycles. The van der Waals surface area contributed by atoms with Gasteiger partial charge in [-0.05, 0) is 17.7 Å². The van der Waals surface area contributed by atoms with E-state index in [9.17, 15) is 4.79 Å². The molecule has 0 bridgehead atoms. The van der Waals surface area contributed by atoms with E-state index in [1.165, 1.54) is 28.4 Å². The van der Waals surface area contributed by atoms with E-state index in [0.29, 0.717) is 39.9 Å². The molecule has 0 fully saturated rings. The molecule has 0 radical (unpaired) electrons. The van der Waals surface area contributed by atoms with E-state index in [2.05, 4.69) is 4.98 Å². The van der Waals surface area contributed by atoms with Gasteiger partial charge in [-0.25, -0.2) is 9.78 Å². The van der Waals surface area contributed by atoms with Crippen molar-refractivity contribution in [3.8, 4) is 23.1 Å². The van der Waals surface area contributed by atoms with Gasteiger partial charge in [-0.2, -0.15) is 0 Å². The second-order valence-corrected chi connectivity index (χ2v) is 5.09. The number of carbonyl (C=O) groups excluding carboxylic acids is 1. The molecule has 0 spiro atoms. The molecule has 0 saturated carbocycles. The van der Waals surface area contributed by atoms with Gasteiger partial charge >= 0.3 is 5.97 Å². The minimum absolute atomic E-state index is 0.293. The van der Waals surface area contributed by atoms with Gasteiger partial charge in [0.15, 0.2) is 0 Å². The van der Waals surface area contributed by atoms with Gasteiger partial charge in [-0.1, -0.05) is 6.08 Å². The van der Waals surface area contributed by atoms with Crippen molar-refractivity contribution in [3.05, 3.63) is 41.1 Å². The first-order valence-electron chi connectivity index (χ1n) is 7.68. The summed E-state index contributed by atoms with van der Waals surface area (Å²) >= 11 is 0. The Morgan fingerprint density at radius 1 is 0.846 bits per heavy atom. The average Bonchev–Trinajstić information content (AvgIpc) is 2.70.